The van der Waals surface area contributed by atoms with Crippen molar-refractivity contribution in [1.29, 1.82) is 0 Å². The number of aliphatic hydroxyl groups excluding tert-OH is 1. The van der Waals surface area contributed by atoms with E-state index in [1.807, 2.05) is 0 Å². The van der Waals surface area contributed by atoms with Crippen LogP contribution in [0.1, 0.15) is 37.9 Å². The van der Waals surface area contributed by atoms with E-state index >= 15 is 0 Å². The van der Waals surface area contributed by atoms with Gasteiger partial charge in [0.15, 0.2) is 0 Å². The molecule has 7 heteroatoms. The second-order valence-corrected chi connectivity index (χ2v) is 7.17. The molecule has 0 radical (unpaired) electrons. The minimum atomic E-state index is -3.75. The fourth-order valence-corrected chi connectivity index (χ4v) is 4.20. The van der Waals surface area contributed by atoms with E-state index in [4.69, 9.17) is 5.73 Å². The second-order valence-electron chi connectivity index (χ2n) is 5.27. The van der Waals surface area contributed by atoms with Crippen LogP contribution in [-0.4, -0.2) is 36.3 Å². The Balaban J connectivity index is 2.33. The van der Waals surface area contributed by atoms with Gasteiger partial charge in [0.2, 0.25) is 15.9 Å². The number of benzene rings is 1. The number of rotatable bonds is 4. The smallest absolute Gasteiger partial charge is 0.243 e. The molecule has 6 nitrogen and oxygen atoms in total. The fourth-order valence-electron chi connectivity index (χ4n) is 2.53. The minimum absolute atomic E-state index is 0.111. The monoisotopic (exact) mass is 312 g/mol. The summed E-state index contributed by atoms with van der Waals surface area (Å²) in [7, 11) is -3.75. The highest BCUT2D eigenvalue weighted by Gasteiger charge is 2.36. The number of nitrogens with zero attached hydrogens (tertiary/aromatic N) is 1. The largest absolute Gasteiger partial charge is 0.389 e. The molecule has 116 valence electrons. The van der Waals surface area contributed by atoms with E-state index in [2.05, 4.69) is 0 Å². The Labute approximate surface area is 124 Å². The Morgan fingerprint density at radius 1 is 1.33 bits per heavy atom. The highest BCUT2D eigenvalue weighted by atomic mass is 32.2. The Morgan fingerprint density at radius 2 is 1.95 bits per heavy atom. The average Bonchev–Trinajstić information content (AvgIpc) is 2.47. The lowest BCUT2D eigenvalue weighted by Crippen LogP contribution is -2.50. The molecule has 21 heavy (non-hydrogen) atoms. The van der Waals surface area contributed by atoms with E-state index in [0.29, 0.717) is 18.5 Å². The molecule has 2 unspecified atom stereocenters. The van der Waals surface area contributed by atoms with Crippen molar-refractivity contribution in [1.82, 2.24) is 4.31 Å². The predicted molar refractivity (Wildman–Crippen MR) is 77.8 cm³/mol. The molecule has 1 aliphatic rings. The standard InChI is InChI=1S/C14H20N2O4S/c1-10(17)11-5-7-12(8-6-11)21(19,20)16-9-3-2-4-13(16)14(15)18/h5-8,10,13,17H,2-4,9H2,1H3,(H2,15,18). The van der Waals surface area contributed by atoms with Gasteiger partial charge in [-0.05, 0) is 37.5 Å². The van der Waals surface area contributed by atoms with E-state index in [1.54, 1.807) is 19.1 Å². The van der Waals surface area contributed by atoms with Crippen molar-refractivity contribution >= 4 is 15.9 Å². The summed E-state index contributed by atoms with van der Waals surface area (Å²) in [6, 6.07) is 5.26. The van der Waals surface area contributed by atoms with Crippen molar-refractivity contribution < 1.29 is 18.3 Å². The predicted octanol–water partition coefficient (Wildman–Crippen LogP) is 0.768. The Kier molecular flexibility index (Phi) is 4.65. The van der Waals surface area contributed by atoms with Crippen molar-refractivity contribution in [3.05, 3.63) is 29.8 Å². The summed E-state index contributed by atoms with van der Waals surface area (Å²) >= 11 is 0. The third-order valence-corrected chi connectivity index (χ3v) is 5.67. The number of aliphatic hydroxyl groups is 1. The molecule has 2 atom stereocenters. The van der Waals surface area contributed by atoms with Gasteiger partial charge in [0.05, 0.1) is 11.0 Å². The Morgan fingerprint density at radius 3 is 2.48 bits per heavy atom. The number of carbonyl (C=O) groups is 1. The van der Waals surface area contributed by atoms with Gasteiger partial charge in [-0.2, -0.15) is 4.31 Å². The molecule has 0 saturated carbocycles. The van der Waals surface area contributed by atoms with Gasteiger partial charge in [0, 0.05) is 6.54 Å². The van der Waals surface area contributed by atoms with Crippen LogP contribution in [0, 0.1) is 0 Å². The maximum Gasteiger partial charge on any atom is 0.243 e. The number of hydrogen-bond acceptors (Lipinski definition) is 4. The molecule has 1 fully saturated rings. The first-order valence-electron chi connectivity index (χ1n) is 6.93. The number of piperidine rings is 1. The summed E-state index contributed by atoms with van der Waals surface area (Å²) < 4.78 is 26.5. The average molecular weight is 312 g/mol. The lowest BCUT2D eigenvalue weighted by Gasteiger charge is -2.32. The van der Waals surface area contributed by atoms with Gasteiger partial charge in [0.1, 0.15) is 6.04 Å². The van der Waals surface area contributed by atoms with Gasteiger partial charge in [-0.3, -0.25) is 4.79 Å². The summed E-state index contributed by atoms with van der Waals surface area (Å²) in [5, 5.41) is 9.46. The molecule has 0 aliphatic carbocycles. The SMILES string of the molecule is CC(O)c1ccc(S(=O)(=O)N2CCCCC2C(N)=O)cc1. The molecular weight excluding hydrogens is 292 g/mol. The van der Waals surface area contributed by atoms with E-state index in [1.165, 1.54) is 16.4 Å². The summed E-state index contributed by atoms with van der Waals surface area (Å²) in [6.07, 6.45) is 1.31. The number of sulfonamides is 1. The fraction of sp³-hybridized carbons (Fsp3) is 0.500. The van der Waals surface area contributed by atoms with Crippen LogP contribution in [0.4, 0.5) is 0 Å². The van der Waals surface area contributed by atoms with Crippen LogP contribution in [0.3, 0.4) is 0 Å². The Hall–Kier alpha value is -1.44. The molecule has 1 heterocycles. The third kappa shape index (κ3) is 3.25. The van der Waals surface area contributed by atoms with E-state index < -0.39 is 28.1 Å². The summed E-state index contributed by atoms with van der Waals surface area (Å²) in [6.45, 7) is 1.91. The van der Waals surface area contributed by atoms with Gasteiger partial charge in [0.25, 0.3) is 0 Å². The van der Waals surface area contributed by atoms with Gasteiger partial charge in [-0.15, -0.1) is 0 Å². The van der Waals surface area contributed by atoms with Gasteiger partial charge in [-0.1, -0.05) is 18.6 Å². The maximum absolute atomic E-state index is 12.6. The quantitative estimate of drug-likeness (QED) is 0.857. The molecular formula is C14H20N2O4S. The lowest BCUT2D eigenvalue weighted by molar-refractivity contribution is -0.122. The molecule has 0 bridgehead atoms. The minimum Gasteiger partial charge on any atom is -0.389 e. The molecule has 1 aromatic carbocycles. The van der Waals surface area contributed by atoms with Gasteiger partial charge < -0.3 is 10.8 Å². The Bertz CT molecular complexity index is 610. The molecule has 2 rings (SSSR count). The van der Waals surface area contributed by atoms with E-state index in [-0.39, 0.29) is 4.90 Å². The first kappa shape index (κ1) is 15.9. The van der Waals surface area contributed by atoms with Crippen molar-refractivity contribution in [2.75, 3.05) is 6.54 Å². The van der Waals surface area contributed by atoms with E-state index in [9.17, 15) is 18.3 Å². The lowest BCUT2D eigenvalue weighted by atomic mass is 10.0. The second kappa shape index (κ2) is 6.13. The molecule has 1 aliphatic heterocycles. The van der Waals surface area contributed by atoms with Gasteiger partial charge in [-0.25, -0.2) is 8.42 Å². The normalized spacial score (nSPS) is 21.9. The highest BCUT2D eigenvalue weighted by Crippen LogP contribution is 2.26. The number of primary amides is 1. The molecule has 0 aromatic heterocycles. The molecule has 1 saturated heterocycles. The van der Waals surface area contributed by atoms with Crippen LogP contribution in [0.2, 0.25) is 0 Å². The van der Waals surface area contributed by atoms with Crippen LogP contribution in [0.5, 0.6) is 0 Å². The molecule has 1 amide bonds. The van der Waals surface area contributed by atoms with Crippen LogP contribution in [0.25, 0.3) is 0 Å². The summed E-state index contributed by atoms with van der Waals surface area (Å²) in [5.74, 6) is -0.612. The topological polar surface area (TPSA) is 101 Å². The zero-order valence-corrected chi connectivity index (χ0v) is 12.7. The van der Waals surface area contributed by atoms with Gasteiger partial charge >= 0.3 is 0 Å². The molecule has 1 aromatic rings. The maximum atomic E-state index is 12.6. The molecule has 0 spiro atoms. The number of carbonyl (C=O) groups excluding carboxylic acids is 1. The van der Waals surface area contributed by atoms with Crippen LogP contribution >= 0.6 is 0 Å². The van der Waals surface area contributed by atoms with Crippen LogP contribution < -0.4 is 5.73 Å². The first-order valence-corrected chi connectivity index (χ1v) is 8.37. The van der Waals surface area contributed by atoms with Crippen LogP contribution in [-0.2, 0) is 14.8 Å². The summed E-state index contributed by atoms with van der Waals surface area (Å²) in [4.78, 5) is 11.6. The summed E-state index contributed by atoms with van der Waals surface area (Å²) in [5.41, 5.74) is 5.96. The van der Waals surface area contributed by atoms with Crippen molar-refractivity contribution in [2.45, 2.75) is 43.2 Å². The zero-order chi connectivity index (χ0) is 15.6. The van der Waals surface area contributed by atoms with Crippen LogP contribution in [0.15, 0.2) is 29.2 Å². The van der Waals surface area contributed by atoms with E-state index in [0.717, 1.165) is 12.8 Å². The third-order valence-electron chi connectivity index (χ3n) is 3.75. The molecule has 3 N–H and O–H groups in total. The van der Waals surface area contributed by atoms with Crippen molar-refractivity contribution in [3.8, 4) is 0 Å². The first-order chi connectivity index (χ1) is 9.84. The van der Waals surface area contributed by atoms with Crippen molar-refractivity contribution in [2.24, 2.45) is 5.73 Å². The highest BCUT2D eigenvalue weighted by molar-refractivity contribution is 7.89. The zero-order valence-electron chi connectivity index (χ0n) is 11.9. The number of hydrogen-bond donors (Lipinski definition) is 2. The van der Waals surface area contributed by atoms with Crippen molar-refractivity contribution in [3.63, 3.8) is 0 Å². The number of amides is 1. The number of nitrogens with two attached hydrogens (primary N) is 1.